The fourth-order valence-corrected chi connectivity index (χ4v) is 2.53. The van der Waals surface area contributed by atoms with Gasteiger partial charge in [0, 0.05) is 18.4 Å². The number of carbonyl (C=O) groups excluding carboxylic acids is 1. The minimum atomic E-state index is 0.0887. The maximum Gasteiger partial charge on any atom is 0.247 e. The molecule has 1 fully saturated rings. The number of rotatable bonds is 3. The van der Waals surface area contributed by atoms with Gasteiger partial charge < -0.3 is 9.64 Å². The van der Waals surface area contributed by atoms with Crippen molar-refractivity contribution in [1.82, 2.24) is 4.90 Å². The standard InChI is InChI=1S/C13H15NO2S/c1-16-12-5-2-11(3-6-12)4-7-13(15)14-8-9-17-10-14/h2-7H,8-10H2,1H3/b7-4+. The van der Waals surface area contributed by atoms with Gasteiger partial charge in [-0.1, -0.05) is 12.1 Å². The van der Waals surface area contributed by atoms with Crippen LogP contribution in [-0.4, -0.2) is 36.1 Å². The lowest BCUT2D eigenvalue weighted by Crippen LogP contribution is -2.25. The third kappa shape index (κ3) is 3.27. The van der Waals surface area contributed by atoms with E-state index in [2.05, 4.69) is 0 Å². The Kier molecular flexibility index (Phi) is 4.09. The zero-order chi connectivity index (χ0) is 12.1. The Morgan fingerprint density at radius 1 is 1.41 bits per heavy atom. The summed E-state index contributed by atoms with van der Waals surface area (Å²) in [6.45, 7) is 0.858. The van der Waals surface area contributed by atoms with Crippen molar-refractivity contribution >= 4 is 23.7 Å². The van der Waals surface area contributed by atoms with E-state index in [-0.39, 0.29) is 5.91 Å². The number of hydrogen-bond acceptors (Lipinski definition) is 3. The summed E-state index contributed by atoms with van der Waals surface area (Å²) in [4.78, 5) is 13.6. The van der Waals surface area contributed by atoms with Crippen molar-refractivity contribution < 1.29 is 9.53 Å². The van der Waals surface area contributed by atoms with Crippen LogP contribution >= 0.6 is 11.8 Å². The van der Waals surface area contributed by atoms with E-state index in [9.17, 15) is 4.79 Å². The molecule has 4 heteroatoms. The van der Waals surface area contributed by atoms with E-state index < -0.39 is 0 Å². The molecule has 17 heavy (non-hydrogen) atoms. The summed E-state index contributed by atoms with van der Waals surface area (Å²) in [6.07, 6.45) is 3.47. The first-order chi connectivity index (χ1) is 8.29. The van der Waals surface area contributed by atoms with Crippen LogP contribution in [-0.2, 0) is 4.79 Å². The second kappa shape index (κ2) is 5.77. The van der Waals surface area contributed by atoms with E-state index in [4.69, 9.17) is 4.74 Å². The number of ether oxygens (including phenoxy) is 1. The fourth-order valence-electron chi connectivity index (χ4n) is 1.58. The number of methoxy groups -OCH3 is 1. The zero-order valence-corrected chi connectivity index (χ0v) is 10.6. The Balaban J connectivity index is 1.96. The molecule has 0 saturated carbocycles. The number of amides is 1. The monoisotopic (exact) mass is 249 g/mol. The van der Waals surface area contributed by atoms with Gasteiger partial charge in [-0.3, -0.25) is 4.79 Å². The number of benzene rings is 1. The fraction of sp³-hybridized carbons (Fsp3) is 0.308. The zero-order valence-electron chi connectivity index (χ0n) is 9.76. The predicted octanol–water partition coefficient (Wildman–Crippen LogP) is 2.24. The molecule has 0 radical (unpaired) electrons. The van der Waals surface area contributed by atoms with Gasteiger partial charge in [0.2, 0.25) is 5.91 Å². The van der Waals surface area contributed by atoms with Crippen LogP contribution in [0.5, 0.6) is 5.75 Å². The summed E-state index contributed by atoms with van der Waals surface area (Å²) >= 11 is 1.79. The molecule has 0 atom stereocenters. The lowest BCUT2D eigenvalue weighted by Gasteiger charge is -2.10. The van der Waals surface area contributed by atoms with Crippen LogP contribution in [0.3, 0.4) is 0 Å². The SMILES string of the molecule is COc1ccc(/C=C/C(=O)N2CCSC2)cc1. The highest BCUT2D eigenvalue weighted by Gasteiger charge is 2.15. The van der Waals surface area contributed by atoms with E-state index in [1.165, 1.54) is 0 Å². The molecule has 1 aliphatic heterocycles. The van der Waals surface area contributed by atoms with Gasteiger partial charge >= 0.3 is 0 Å². The van der Waals surface area contributed by atoms with Crippen LogP contribution in [0.4, 0.5) is 0 Å². The van der Waals surface area contributed by atoms with Crippen LogP contribution in [0.15, 0.2) is 30.3 Å². The molecule has 0 unspecified atom stereocenters. The van der Waals surface area contributed by atoms with E-state index in [1.807, 2.05) is 35.2 Å². The first-order valence-corrected chi connectivity index (χ1v) is 6.64. The Morgan fingerprint density at radius 2 is 2.18 bits per heavy atom. The highest BCUT2D eigenvalue weighted by molar-refractivity contribution is 7.99. The van der Waals surface area contributed by atoms with Gasteiger partial charge in [-0.05, 0) is 23.8 Å². The lowest BCUT2D eigenvalue weighted by atomic mass is 10.2. The summed E-state index contributed by atoms with van der Waals surface area (Å²) in [5.41, 5.74) is 1.01. The first kappa shape index (κ1) is 12.0. The van der Waals surface area contributed by atoms with Crippen LogP contribution in [0, 0.1) is 0 Å². The topological polar surface area (TPSA) is 29.5 Å². The van der Waals surface area contributed by atoms with Gasteiger partial charge in [-0.25, -0.2) is 0 Å². The van der Waals surface area contributed by atoms with Gasteiger partial charge in [0.1, 0.15) is 5.75 Å². The summed E-state index contributed by atoms with van der Waals surface area (Å²) in [5.74, 6) is 2.77. The van der Waals surface area contributed by atoms with Gasteiger partial charge in [0.15, 0.2) is 0 Å². The summed E-state index contributed by atoms with van der Waals surface area (Å²) in [5, 5.41) is 0. The number of hydrogen-bond donors (Lipinski definition) is 0. The third-order valence-corrected chi connectivity index (χ3v) is 3.56. The molecule has 1 aromatic carbocycles. The quantitative estimate of drug-likeness (QED) is 0.769. The molecule has 0 aliphatic carbocycles. The normalized spacial score (nSPS) is 15.5. The molecule has 2 rings (SSSR count). The van der Waals surface area contributed by atoms with Gasteiger partial charge in [-0.15, -0.1) is 11.8 Å². The maximum absolute atomic E-state index is 11.7. The Labute approximate surface area is 105 Å². The molecule has 90 valence electrons. The molecule has 0 N–H and O–H groups in total. The summed E-state index contributed by atoms with van der Waals surface area (Å²) < 4.78 is 5.07. The Bertz CT molecular complexity index is 408. The largest absolute Gasteiger partial charge is 0.497 e. The smallest absolute Gasteiger partial charge is 0.247 e. The molecule has 0 aromatic heterocycles. The molecular weight excluding hydrogens is 234 g/mol. The molecule has 1 saturated heterocycles. The van der Waals surface area contributed by atoms with Crippen LogP contribution in [0.2, 0.25) is 0 Å². The molecule has 0 spiro atoms. The van der Waals surface area contributed by atoms with Crippen LogP contribution < -0.4 is 4.74 Å². The van der Waals surface area contributed by atoms with Gasteiger partial charge in [0.25, 0.3) is 0 Å². The van der Waals surface area contributed by atoms with Crippen molar-refractivity contribution in [1.29, 1.82) is 0 Å². The highest BCUT2D eigenvalue weighted by Crippen LogP contribution is 2.15. The molecule has 3 nitrogen and oxygen atoms in total. The third-order valence-electron chi connectivity index (χ3n) is 2.60. The van der Waals surface area contributed by atoms with Crippen molar-refractivity contribution in [3.8, 4) is 5.75 Å². The lowest BCUT2D eigenvalue weighted by molar-refractivity contribution is -0.124. The summed E-state index contributed by atoms with van der Waals surface area (Å²) in [7, 11) is 1.64. The Morgan fingerprint density at radius 3 is 2.76 bits per heavy atom. The maximum atomic E-state index is 11.7. The van der Waals surface area contributed by atoms with Crippen LogP contribution in [0.1, 0.15) is 5.56 Å². The molecule has 0 bridgehead atoms. The van der Waals surface area contributed by atoms with Crippen molar-refractivity contribution in [3.63, 3.8) is 0 Å². The van der Waals surface area contributed by atoms with Gasteiger partial charge in [-0.2, -0.15) is 0 Å². The van der Waals surface area contributed by atoms with Crippen LogP contribution in [0.25, 0.3) is 6.08 Å². The molecule has 1 heterocycles. The predicted molar refractivity (Wildman–Crippen MR) is 71.1 cm³/mol. The van der Waals surface area contributed by atoms with Crippen molar-refractivity contribution in [2.45, 2.75) is 0 Å². The molecule has 1 amide bonds. The second-order valence-electron chi connectivity index (χ2n) is 3.75. The summed E-state index contributed by atoms with van der Waals surface area (Å²) in [6, 6.07) is 7.63. The van der Waals surface area contributed by atoms with E-state index in [1.54, 1.807) is 24.9 Å². The average molecular weight is 249 g/mol. The van der Waals surface area contributed by atoms with Gasteiger partial charge in [0.05, 0.1) is 13.0 Å². The van der Waals surface area contributed by atoms with E-state index >= 15 is 0 Å². The second-order valence-corrected chi connectivity index (χ2v) is 4.82. The molecular formula is C13H15NO2S. The highest BCUT2D eigenvalue weighted by atomic mass is 32.2. The van der Waals surface area contributed by atoms with Crippen molar-refractivity contribution in [3.05, 3.63) is 35.9 Å². The number of nitrogens with zero attached hydrogens (tertiary/aromatic N) is 1. The minimum absolute atomic E-state index is 0.0887. The van der Waals surface area contributed by atoms with Crippen molar-refractivity contribution in [2.24, 2.45) is 0 Å². The molecule has 1 aliphatic rings. The average Bonchev–Trinajstić information content (AvgIpc) is 2.90. The minimum Gasteiger partial charge on any atom is -0.497 e. The number of carbonyl (C=O) groups is 1. The van der Waals surface area contributed by atoms with E-state index in [0.29, 0.717) is 0 Å². The molecule has 1 aromatic rings. The Hall–Kier alpha value is -1.42. The van der Waals surface area contributed by atoms with Crippen molar-refractivity contribution in [2.75, 3.05) is 25.3 Å². The number of thioether (sulfide) groups is 1. The first-order valence-electron chi connectivity index (χ1n) is 5.48. The van der Waals surface area contributed by atoms with E-state index in [0.717, 1.165) is 29.5 Å².